The summed E-state index contributed by atoms with van der Waals surface area (Å²) in [6.45, 7) is -0.0325. The standard InChI is InChI=1S/C7H14N2O5S/c1-8-6(10)3-4-9(2)15(13,14)5-7(11)12/h3-5H2,1-2H3,(H,8,10)(H,11,12). The minimum absolute atomic E-state index is 0.00580. The highest BCUT2D eigenvalue weighted by molar-refractivity contribution is 7.89. The molecule has 15 heavy (non-hydrogen) atoms. The summed E-state index contributed by atoms with van der Waals surface area (Å²) in [4.78, 5) is 21.0. The number of rotatable bonds is 6. The van der Waals surface area contributed by atoms with Crippen LogP contribution in [0.3, 0.4) is 0 Å². The molecule has 1 amide bonds. The van der Waals surface area contributed by atoms with Gasteiger partial charge in [0, 0.05) is 27.1 Å². The zero-order valence-corrected chi connectivity index (χ0v) is 9.37. The summed E-state index contributed by atoms with van der Waals surface area (Å²) in [6, 6.07) is 0. The van der Waals surface area contributed by atoms with Crippen LogP contribution in [0.15, 0.2) is 0 Å². The monoisotopic (exact) mass is 238 g/mol. The van der Waals surface area contributed by atoms with E-state index in [0.29, 0.717) is 0 Å². The summed E-state index contributed by atoms with van der Waals surface area (Å²) < 4.78 is 23.4. The van der Waals surface area contributed by atoms with E-state index in [0.717, 1.165) is 4.31 Å². The van der Waals surface area contributed by atoms with Crippen LogP contribution < -0.4 is 5.32 Å². The first-order chi connectivity index (χ1) is 6.79. The van der Waals surface area contributed by atoms with Crippen molar-refractivity contribution in [1.29, 1.82) is 0 Å². The molecule has 0 aliphatic carbocycles. The van der Waals surface area contributed by atoms with Gasteiger partial charge in [-0.2, -0.15) is 0 Å². The molecule has 0 unspecified atom stereocenters. The Morgan fingerprint density at radius 3 is 2.33 bits per heavy atom. The zero-order chi connectivity index (χ0) is 12.1. The van der Waals surface area contributed by atoms with Crippen LogP contribution in [0.4, 0.5) is 0 Å². The van der Waals surface area contributed by atoms with E-state index in [2.05, 4.69) is 5.32 Å². The highest BCUT2D eigenvalue weighted by Crippen LogP contribution is 1.99. The van der Waals surface area contributed by atoms with Gasteiger partial charge in [-0.05, 0) is 0 Å². The first-order valence-electron chi connectivity index (χ1n) is 4.16. The Kier molecular flexibility index (Phi) is 5.23. The molecule has 0 aromatic carbocycles. The van der Waals surface area contributed by atoms with Crippen LogP contribution in [-0.2, 0) is 19.6 Å². The van der Waals surface area contributed by atoms with E-state index < -0.39 is 21.7 Å². The van der Waals surface area contributed by atoms with Crippen molar-refractivity contribution >= 4 is 21.9 Å². The van der Waals surface area contributed by atoms with Gasteiger partial charge in [-0.1, -0.05) is 0 Å². The minimum atomic E-state index is -3.81. The number of carbonyl (C=O) groups is 2. The van der Waals surface area contributed by atoms with E-state index in [9.17, 15) is 18.0 Å². The van der Waals surface area contributed by atoms with Crippen molar-refractivity contribution < 1.29 is 23.1 Å². The van der Waals surface area contributed by atoms with Gasteiger partial charge in [0.1, 0.15) is 0 Å². The predicted octanol–water partition coefficient (Wildman–Crippen LogP) is -1.53. The first kappa shape index (κ1) is 13.8. The van der Waals surface area contributed by atoms with E-state index in [4.69, 9.17) is 5.11 Å². The largest absolute Gasteiger partial charge is 0.480 e. The summed E-state index contributed by atoms with van der Waals surface area (Å²) in [7, 11) is -1.13. The maximum Gasteiger partial charge on any atom is 0.320 e. The molecule has 0 saturated carbocycles. The number of carbonyl (C=O) groups excluding carboxylic acids is 1. The number of nitrogens with one attached hydrogen (secondary N) is 1. The number of aliphatic carboxylic acids is 1. The van der Waals surface area contributed by atoms with E-state index >= 15 is 0 Å². The molecular weight excluding hydrogens is 224 g/mol. The molecule has 2 N–H and O–H groups in total. The molecule has 0 atom stereocenters. The highest BCUT2D eigenvalue weighted by Gasteiger charge is 2.21. The Hall–Kier alpha value is -1.15. The van der Waals surface area contributed by atoms with Gasteiger partial charge in [-0.3, -0.25) is 9.59 Å². The topological polar surface area (TPSA) is 104 Å². The van der Waals surface area contributed by atoms with E-state index in [-0.39, 0.29) is 18.9 Å². The molecule has 0 aromatic heterocycles. The van der Waals surface area contributed by atoms with Gasteiger partial charge in [0.15, 0.2) is 5.75 Å². The fraction of sp³-hybridized carbons (Fsp3) is 0.714. The molecular formula is C7H14N2O5S. The molecule has 0 aromatic rings. The summed E-state index contributed by atoms with van der Waals surface area (Å²) >= 11 is 0. The van der Waals surface area contributed by atoms with Gasteiger partial charge in [-0.25, -0.2) is 12.7 Å². The van der Waals surface area contributed by atoms with Crippen LogP contribution >= 0.6 is 0 Å². The Morgan fingerprint density at radius 2 is 1.93 bits per heavy atom. The van der Waals surface area contributed by atoms with E-state index in [1.807, 2.05) is 0 Å². The molecule has 0 saturated heterocycles. The van der Waals surface area contributed by atoms with Crippen LogP contribution in [-0.4, -0.2) is 56.1 Å². The summed E-state index contributed by atoms with van der Waals surface area (Å²) in [6.07, 6.45) is 0.00580. The molecule has 0 radical (unpaired) electrons. The van der Waals surface area contributed by atoms with Crippen LogP contribution in [0.5, 0.6) is 0 Å². The van der Waals surface area contributed by atoms with Crippen molar-refractivity contribution in [2.75, 3.05) is 26.4 Å². The Labute approximate surface area is 88.1 Å². The third-order valence-corrected chi connectivity index (χ3v) is 3.46. The van der Waals surface area contributed by atoms with Crippen LogP contribution in [0, 0.1) is 0 Å². The van der Waals surface area contributed by atoms with Crippen molar-refractivity contribution in [3.8, 4) is 0 Å². The number of hydrogen-bond acceptors (Lipinski definition) is 4. The Morgan fingerprint density at radius 1 is 1.40 bits per heavy atom. The molecule has 0 aliphatic heterocycles. The molecule has 0 rings (SSSR count). The van der Waals surface area contributed by atoms with Gasteiger partial charge in [-0.15, -0.1) is 0 Å². The Balaban J connectivity index is 4.26. The van der Waals surface area contributed by atoms with Crippen molar-refractivity contribution in [2.24, 2.45) is 0 Å². The third-order valence-electron chi connectivity index (χ3n) is 1.71. The number of carboxylic acids is 1. The third kappa shape index (κ3) is 5.33. The van der Waals surface area contributed by atoms with Gasteiger partial charge in [0.2, 0.25) is 15.9 Å². The lowest BCUT2D eigenvalue weighted by Gasteiger charge is -2.14. The maximum atomic E-state index is 11.3. The highest BCUT2D eigenvalue weighted by atomic mass is 32.2. The first-order valence-corrected chi connectivity index (χ1v) is 5.77. The number of amides is 1. The molecule has 0 spiro atoms. The van der Waals surface area contributed by atoms with Crippen molar-refractivity contribution in [3.63, 3.8) is 0 Å². The number of hydrogen-bond donors (Lipinski definition) is 2. The lowest BCUT2D eigenvalue weighted by molar-refractivity contribution is -0.134. The molecule has 0 heterocycles. The summed E-state index contributed by atoms with van der Waals surface area (Å²) in [5.74, 6) is -2.67. The van der Waals surface area contributed by atoms with Crippen LogP contribution in [0.25, 0.3) is 0 Å². The molecule has 0 bridgehead atoms. The van der Waals surface area contributed by atoms with E-state index in [1.54, 1.807) is 0 Å². The van der Waals surface area contributed by atoms with Crippen LogP contribution in [0.1, 0.15) is 6.42 Å². The van der Waals surface area contributed by atoms with Gasteiger partial charge >= 0.3 is 5.97 Å². The molecule has 0 aliphatic rings. The normalized spacial score (nSPS) is 11.4. The van der Waals surface area contributed by atoms with Crippen molar-refractivity contribution in [2.45, 2.75) is 6.42 Å². The lowest BCUT2D eigenvalue weighted by Crippen LogP contribution is -2.35. The number of nitrogens with zero attached hydrogens (tertiary/aromatic N) is 1. The smallest absolute Gasteiger partial charge is 0.320 e. The maximum absolute atomic E-state index is 11.3. The molecule has 8 heteroatoms. The molecule has 88 valence electrons. The summed E-state index contributed by atoms with van der Waals surface area (Å²) in [5, 5.41) is 10.7. The van der Waals surface area contributed by atoms with Crippen molar-refractivity contribution in [1.82, 2.24) is 9.62 Å². The fourth-order valence-corrected chi connectivity index (χ4v) is 1.69. The predicted molar refractivity (Wildman–Crippen MR) is 52.7 cm³/mol. The second kappa shape index (κ2) is 5.66. The summed E-state index contributed by atoms with van der Waals surface area (Å²) in [5.41, 5.74) is 0. The second-order valence-corrected chi connectivity index (χ2v) is 4.97. The van der Waals surface area contributed by atoms with E-state index in [1.165, 1.54) is 14.1 Å². The molecule has 7 nitrogen and oxygen atoms in total. The fourth-order valence-electron chi connectivity index (χ4n) is 0.789. The number of carboxylic acid groups (broad SMARTS) is 1. The van der Waals surface area contributed by atoms with Crippen LogP contribution in [0.2, 0.25) is 0 Å². The van der Waals surface area contributed by atoms with Gasteiger partial charge in [0.25, 0.3) is 0 Å². The van der Waals surface area contributed by atoms with Gasteiger partial charge in [0.05, 0.1) is 0 Å². The van der Waals surface area contributed by atoms with Crippen molar-refractivity contribution in [3.05, 3.63) is 0 Å². The zero-order valence-electron chi connectivity index (χ0n) is 8.56. The average Bonchev–Trinajstić information content (AvgIpc) is 2.11. The second-order valence-electron chi connectivity index (χ2n) is 2.89. The Bertz CT molecular complexity index is 337. The quantitative estimate of drug-likeness (QED) is 0.584. The lowest BCUT2D eigenvalue weighted by atomic mass is 10.4. The van der Waals surface area contributed by atoms with Gasteiger partial charge < -0.3 is 10.4 Å². The number of sulfonamides is 1. The SMILES string of the molecule is CNC(=O)CCN(C)S(=O)(=O)CC(=O)O. The average molecular weight is 238 g/mol. The molecule has 0 fully saturated rings. The minimum Gasteiger partial charge on any atom is -0.480 e.